The molecule has 4 heterocycles. The van der Waals surface area contributed by atoms with E-state index in [1.807, 2.05) is 43.5 Å². The van der Waals surface area contributed by atoms with Crippen molar-refractivity contribution in [3.8, 4) is 10.6 Å². The molecule has 2 aliphatic rings. The van der Waals surface area contributed by atoms with Gasteiger partial charge in [0, 0.05) is 19.3 Å². The molecule has 0 radical (unpaired) electrons. The molecule has 0 bridgehead atoms. The fourth-order valence-corrected chi connectivity index (χ4v) is 6.24. The van der Waals surface area contributed by atoms with Crippen LogP contribution in [0.15, 0.2) is 42.7 Å². The summed E-state index contributed by atoms with van der Waals surface area (Å²) in [5, 5.41) is 12.8. The number of aryl methyl sites for hydroxylation is 1. The minimum Gasteiger partial charge on any atom is -0.392 e. The van der Waals surface area contributed by atoms with Gasteiger partial charge in [-0.15, -0.1) is 0 Å². The Bertz CT molecular complexity index is 980. The summed E-state index contributed by atoms with van der Waals surface area (Å²) in [6.07, 6.45) is 13.0. The Hall–Kier alpha value is -1.92. The molecule has 3 aromatic rings. The van der Waals surface area contributed by atoms with Gasteiger partial charge in [0.05, 0.1) is 22.9 Å². The number of hydrogen-bond acceptors (Lipinski definition) is 7. The molecule has 0 spiro atoms. The zero-order chi connectivity index (χ0) is 22.9. The molecular formula is C25H34N5OPS. The van der Waals surface area contributed by atoms with Gasteiger partial charge in [-0.2, -0.15) is 0 Å². The van der Waals surface area contributed by atoms with E-state index in [0.717, 1.165) is 48.6 Å². The maximum atomic E-state index is 9.57. The Morgan fingerprint density at radius 3 is 2.76 bits per heavy atom. The topological polar surface area (TPSA) is 74.2 Å². The van der Waals surface area contributed by atoms with Crippen molar-refractivity contribution in [1.29, 1.82) is 0 Å². The van der Waals surface area contributed by atoms with Gasteiger partial charge in [0.15, 0.2) is 0 Å². The smallest absolute Gasteiger partial charge is 0.132 e. The van der Waals surface area contributed by atoms with Gasteiger partial charge in [0.2, 0.25) is 0 Å². The second-order valence-corrected chi connectivity index (χ2v) is 11.1. The molecule has 3 aromatic heterocycles. The van der Waals surface area contributed by atoms with E-state index in [1.54, 1.807) is 17.1 Å². The number of anilines is 2. The Morgan fingerprint density at radius 2 is 2.00 bits per heavy atom. The number of aromatic nitrogens is 3. The SMILES string of the molecule is Cc1ccnc(Nc2cccc(-c3cnps3)n2)c1.OC1CCCN(CC2CCCCC2)C1. The van der Waals surface area contributed by atoms with E-state index >= 15 is 0 Å². The van der Waals surface area contributed by atoms with Crippen LogP contribution in [0.1, 0.15) is 50.5 Å². The molecule has 2 fully saturated rings. The summed E-state index contributed by atoms with van der Waals surface area (Å²) >= 11 is 0. The summed E-state index contributed by atoms with van der Waals surface area (Å²) in [7, 11) is 2.69. The highest BCUT2D eigenvalue weighted by Gasteiger charge is 2.21. The van der Waals surface area contributed by atoms with Crippen LogP contribution in [-0.4, -0.2) is 50.5 Å². The lowest BCUT2D eigenvalue weighted by Gasteiger charge is -2.34. The molecule has 1 aliphatic heterocycles. The molecule has 1 saturated heterocycles. The molecule has 1 aliphatic carbocycles. The molecule has 6 nitrogen and oxygen atoms in total. The van der Waals surface area contributed by atoms with Crippen molar-refractivity contribution >= 4 is 30.1 Å². The minimum atomic E-state index is -0.0488. The first-order valence-corrected chi connectivity index (χ1v) is 14.3. The molecule has 0 amide bonds. The summed E-state index contributed by atoms with van der Waals surface area (Å²) in [5.74, 6) is 2.52. The number of aliphatic hydroxyl groups is 1. The summed E-state index contributed by atoms with van der Waals surface area (Å²) < 4.78 is 4.17. The third-order valence-corrected chi connectivity index (χ3v) is 8.18. The van der Waals surface area contributed by atoms with Crippen molar-refractivity contribution in [3.63, 3.8) is 0 Å². The predicted octanol–water partition coefficient (Wildman–Crippen LogP) is 6.26. The molecule has 1 unspecified atom stereocenters. The molecule has 1 saturated carbocycles. The van der Waals surface area contributed by atoms with Crippen molar-refractivity contribution in [2.24, 2.45) is 5.92 Å². The van der Waals surface area contributed by atoms with Gasteiger partial charge in [-0.1, -0.05) is 36.3 Å². The van der Waals surface area contributed by atoms with Crippen molar-refractivity contribution in [2.75, 3.05) is 25.0 Å². The summed E-state index contributed by atoms with van der Waals surface area (Å²) in [6.45, 7) is 5.43. The van der Waals surface area contributed by atoms with Crippen LogP contribution in [0.2, 0.25) is 0 Å². The van der Waals surface area contributed by atoms with E-state index < -0.39 is 0 Å². The van der Waals surface area contributed by atoms with E-state index in [1.165, 1.54) is 57.2 Å². The van der Waals surface area contributed by atoms with Gasteiger partial charge < -0.3 is 15.3 Å². The highest BCUT2D eigenvalue weighted by molar-refractivity contribution is 7.79. The van der Waals surface area contributed by atoms with Crippen LogP contribution in [0.25, 0.3) is 10.6 Å². The fraction of sp³-hybridized carbons (Fsp3) is 0.520. The van der Waals surface area contributed by atoms with Gasteiger partial charge in [-0.05, 0) is 74.9 Å². The number of pyridine rings is 2. The largest absolute Gasteiger partial charge is 0.392 e. The van der Waals surface area contributed by atoms with E-state index in [4.69, 9.17) is 0 Å². The monoisotopic (exact) mass is 483 g/mol. The van der Waals surface area contributed by atoms with Crippen LogP contribution in [-0.2, 0) is 0 Å². The molecule has 8 heteroatoms. The van der Waals surface area contributed by atoms with E-state index in [9.17, 15) is 5.11 Å². The van der Waals surface area contributed by atoms with Crippen LogP contribution in [0, 0.1) is 12.8 Å². The Labute approximate surface area is 202 Å². The number of piperidine rings is 1. The van der Waals surface area contributed by atoms with Crippen LogP contribution in [0.3, 0.4) is 0 Å². The van der Waals surface area contributed by atoms with Crippen molar-refractivity contribution in [2.45, 2.75) is 58.0 Å². The lowest BCUT2D eigenvalue weighted by atomic mass is 9.88. The molecule has 2 N–H and O–H groups in total. The third-order valence-electron chi connectivity index (χ3n) is 6.26. The summed E-state index contributed by atoms with van der Waals surface area (Å²) in [4.78, 5) is 12.4. The standard InChI is InChI=1S/C13H11N4PS.C12H23NO/c1-9-5-6-14-13(7-9)17-12-4-2-3-10(16-12)11-8-15-18-19-11;14-12-7-4-8-13(10-12)9-11-5-2-1-3-6-11/h2-8H,1H3,(H,14,16,17);11-12,14H,1-10H2. The van der Waals surface area contributed by atoms with Crippen molar-refractivity contribution < 1.29 is 5.11 Å². The average Bonchev–Trinajstić information content (AvgIpc) is 3.36. The lowest BCUT2D eigenvalue weighted by molar-refractivity contribution is 0.0582. The molecule has 0 aromatic carbocycles. The summed E-state index contributed by atoms with van der Waals surface area (Å²) in [5.41, 5.74) is 2.11. The minimum absolute atomic E-state index is 0.0488. The first kappa shape index (κ1) is 24.2. The number of likely N-dealkylation sites (tertiary alicyclic amines) is 1. The molecule has 176 valence electrons. The lowest BCUT2D eigenvalue weighted by Crippen LogP contribution is -2.41. The number of nitrogens with one attached hydrogen (secondary N) is 1. The van der Waals surface area contributed by atoms with E-state index in [2.05, 4.69) is 24.9 Å². The zero-order valence-corrected chi connectivity index (χ0v) is 21.1. The van der Waals surface area contributed by atoms with Gasteiger partial charge in [-0.25, -0.2) is 14.7 Å². The number of aliphatic hydroxyl groups excluding tert-OH is 1. The van der Waals surface area contributed by atoms with E-state index in [-0.39, 0.29) is 6.10 Å². The van der Waals surface area contributed by atoms with Gasteiger partial charge in [0.1, 0.15) is 19.2 Å². The van der Waals surface area contributed by atoms with Crippen molar-refractivity contribution in [1.82, 2.24) is 19.6 Å². The highest BCUT2D eigenvalue weighted by Crippen LogP contribution is 2.28. The zero-order valence-electron chi connectivity index (χ0n) is 19.4. The second-order valence-electron chi connectivity index (χ2n) is 9.09. The number of rotatable bonds is 5. The molecule has 5 rings (SSSR count). The third kappa shape index (κ3) is 7.82. The quantitative estimate of drug-likeness (QED) is 0.446. The van der Waals surface area contributed by atoms with Gasteiger partial charge >= 0.3 is 0 Å². The van der Waals surface area contributed by atoms with Gasteiger partial charge in [0.25, 0.3) is 0 Å². The predicted molar refractivity (Wildman–Crippen MR) is 138 cm³/mol. The Kier molecular flexibility index (Phi) is 9.18. The maximum Gasteiger partial charge on any atom is 0.132 e. The molecular weight excluding hydrogens is 449 g/mol. The molecule has 33 heavy (non-hydrogen) atoms. The number of β-amino-alcohol motifs (C(OH)–C–C–N with tert-alkyl or cyclic N) is 1. The number of hydrogen-bond donors (Lipinski definition) is 2. The van der Waals surface area contributed by atoms with E-state index in [0.29, 0.717) is 0 Å². The highest BCUT2D eigenvalue weighted by atomic mass is 32.5. The average molecular weight is 484 g/mol. The maximum absolute atomic E-state index is 9.57. The van der Waals surface area contributed by atoms with Crippen LogP contribution in [0.4, 0.5) is 11.6 Å². The van der Waals surface area contributed by atoms with Crippen LogP contribution in [0.5, 0.6) is 0 Å². The normalized spacial score (nSPS) is 19.8. The van der Waals surface area contributed by atoms with Gasteiger partial charge in [-0.3, -0.25) is 0 Å². The van der Waals surface area contributed by atoms with Crippen molar-refractivity contribution in [3.05, 3.63) is 48.3 Å². The molecule has 1 atom stereocenters. The Morgan fingerprint density at radius 1 is 1.12 bits per heavy atom. The number of nitrogens with zero attached hydrogens (tertiary/aromatic N) is 4. The summed E-state index contributed by atoms with van der Waals surface area (Å²) in [6, 6.07) is 9.87. The van der Waals surface area contributed by atoms with Crippen LogP contribution >= 0.6 is 18.5 Å². The first-order chi connectivity index (χ1) is 16.2. The Balaban J connectivity index is 0.000000165. The first-order valence-electron chi connectivity index (χ1n) is 12.0. The van der Waals surface area contributed by atoms with Crippen LogP contribution < -0.4 is 5.32 Å². The second kappa shape index (κ2) is 12.5. The fourth-order valence-electron chi connectivity index (χ4n) is 4.59.